The van der Waals surface area contributed by atoms with Gasteiger partial charge in [-0.05, 0) is 18.2 Å². The largest absolute Gasteiger partial charge is 0.456 e. The molecule has 0 aliphatic carbocycles. The van der Waals surface area contributed by atoms with Gasteiger partial charge in [0.1, 0.15) is 22.3 Å². The molecule has 0 spiro atoms. The van der Waals surface area contributed by atoms with E-state index in [1.54, 1.807) is 30.3 Å². The quantitative estimate of drug-likeness (QED) is 0.541. The fraction of sp³-hybridized carbons (Fsp3) is 0.111. The van der Waals surface area contributed by atoms with E-state index in [1.807, 2.05) is 0 Å². The summed E-state index contributed by atoms with van der Waals surface area (Å²) in [5.41, 5.74) is -5.28. The number of para-hydroxylation sites is 1. The highest BCUT2D eigenvalue weighted by atomic mass is 35.5. The van der Waals surface area contributed by atoms with Gasteiger partial charge in [0, 0.05) is 13.1 Å². The average Bonchev–Trinajstić information content (AvgIpc) is 2.63. The number of aromatic nitrogens is 2. The molecular formula is C18H10Cl2F4N2O3. The van der Waals surface area contributed by atoms with Gasteiger partial charge in [0.15, 0.2) is 5.69 Å². The van der Waals surface area contributed by atoms with Crippen molar-refractivity contribution in [1.82, 2.24) is 9.13 Å². The summed E-state index contributed by atoms with van der Waals surface area (Å²) in [6.45, 7) is 0. The van der Waals surface area contributed by atoms with Gasteiger partial charge in [0.25, 0.3) is 5.56 Å². The highest BCUT2D eigenvalue weighted by Gasteiger charge is 2.39. The maximum absolute atomic E-state index is 14.5. The third kappa shape index (κ3) is 3.88. The Morgan fingerprint density at radius 3 is 2.24 bits per heavy atom. The lowest BCUT2D eigenvalue weighted by molar-refractivity contribution is -0.143. The predicted molar refractivity (Wildman–Crippen MR) is 98.8 cm³/mol. The molecule has 1 heterocycles. The van der Waals surface area contributed by atoms with Gasteiger partial charge in [-0.2, -0.15) is 13.2 Å². The van der Waals surface area contributed by atoms with Crippen LogP contribution in [-0.4, -0.2) is 9.13 Å². The monoisotopic (exact) mass is 448 g/mol. The van der Waals surface area contributed by atoms with Crippen LogP contribution < -0.4 is 16.0 Å². The van der Waals surface area contributed by atoms with Gasteiger partial charge < -0.3 is 4.74 Å². The molecule has 0 radical (unpaired) electrons. The molecule has 0 atom stereocenters. The third-order valence-electron chi connectivity index (χ3n) is 3.89. The van der Waals surface area contributed by atoms with Crippen LogP contribution in [0.15, 0.2) is 52.1 Å². The summed E-state index contributed by atoms with van der Waals surface area (Å²) < 4.78 is 59.7. The van der Waals surface area contributed by atoms with E-state index >= 15 is 0 Å². The Bertz CT molecular complexity index is 1170. The van der Waals surface area contributed by atoms with Crippen LogP contribution in [0.25, 0.3) is 5.69 Å². The number of hydrogen-bond acceptors (Lipinski definition) is 3. The summed E-state index contributed by atoms with van der Waals surface area (Å²) in [5.74, 6) is -0.942. The summed E-state index contributed by atoms with van der Waals surface area (Å²) in [4.78, 5) is 24.8. The predicted octanol–water partition coefficient (Wildman–Crippen LogP) is 4.79. The Kier molecular flexibility index (Phi) is 5.46. The first-order chi connectivity index (χ1) is 13.5. The van der Waals surface area contributed by atoms with Gasteiger partial charge in [0.2, 0.25) is 0 Å². The van der Waals surface area contributed by atoms with E-state index in [-0.39, 0.29) is 19.9 Å². The Morgan fingerprint density at radius 1 is 1.03 bits per heavy atom. The van der Waals surface area contributed by atoms with Crippen molar-refractivity contribution in [2.24, 2.45) is 7.05 Å². The number of benzene rings is 2. The molecule has 0 saturated heterocycles. The van der Waals surface area contributed by atoms with Crippen LogP contribution in [0.3, 0.4) is 0 Å². The Hall–Kier alpha value is -2.78. The molecular weight excluding hydrogens is 439 g/mol. The summed E-state index contributed by atoms with van der Waals surface area (Å²) in [6, 6.07) is 9.87. The minimum absolute atomic E-state index is 0.121. The maximum Gasteiger partial charge on any atom is 0.433 e. The smallest absolute Gasteiger partial charge is 0.433 e. The van der Waals surface area contributed by atoms with Gasteiger partial charge in [-0.25, -0.2) is 13.8 Å². The Labute approximate surface area is 170 Å². The van der Waals surface area contributed by atoms with E-state index in [0.29, 0.717) is 5.75 Å². The zero-order valence-corrected chi connectivity index (χ0v) is 15.9. The molecule has 2 aromatic carbocycles. The van der Waals surface area contributed by atoms with Crippen LogP contribution in [-0.2, 0) is 13.2 Å². The van der Waals surface area contributed by atoms with E-state index in [2.05, 4.69) is 0 Å². The van der Waals surface area contributed by atoms with Gasteiger partial charge in [-0.1, -0.05) is 41.4 Å². The molecule has 0 bridgehead atoms. The SMILES string of the molecule is Cn1c(C(F)(F)F)c(Cl)c(=O)n(-c2cc(Oc3ccccc3)c(Cl)cc2F)c1=O. The molecule has 0 fully saturated rings. The second-order valence-electron chi connectivity index (χ2n) is 5.79. The standard InChI is InChI=1S/C18H10Cl2F4N2O3/c1-25-15(18(22,23)24)14(20)16(27)26(17(25)28)12-8-13(10(19)7-11(12)21)29-9-5-3-2-4-6-9/h2-8H,1H3. The maximum atomic E-state index is 14.5. The molecule has 0 N–H and O–H groups in total. The molecule has 0 unspecified atom stereocenters. The molecule has 0 amide bonds. The van der Waals surface area contributed by atoms with Crippen molar-refractivity contribution in [1.29, 1.82) is 0 Å². The lowest BCUT2D eigenvalue weighted by atomic mass is 10.2. The molecule has 3 aromatic rings. The van der Waals surface area contributed by atoms with E-state index in [4.69, 9.17) is 27.9 Å². The molecule has 0 aliphatic rings. The van der Waals surface area contributed by atoms with Crippen LogP contribution in [0.4, 0.5) is 17.6 Å². The van der Waals surface area contributed by atoms with Gasteiger partial charge in [0.05, 0.1) is 10.7 Å². The van der Waals surface area contributed by atoms with Crippen molar-refractivity contribution >= 4 is 23.2 Å². The first-order valence-electron chi connectivity index (χ1n) is 7.83. The van der Waals surface area contributed by atoms with Crippen molar-refractivity contribution in [3.63, 3.8) is 0 Å². The lowest BCUT2D eigenvalue weighted by Gasteiger charge is -2.17. The fourth-order valence-electron chi connectivity index (χ4n) is 2.59. The summed E-state index contributed by atoms with van der Waals surface area (Å²) in [6.07, 6.45) is -5.07. The van der Waals surface area contributed by atoms with Crippen LogP contribution in [0, 0.1) is 5.82 Å². The van der Waals surface area contributed by atoms with E-state index in [9.17, 15) is 27.2 Å². The molecule has 0 aliphatic heterocycles. The van der Waals surface area contributed by atoms with Gasteiger partial charge in [-0.15, -0.1) is 0 Å². The lowest BCUT2D eigenvalue weighted by Crippen LogP contribution is -2.42. The number of halogens is 6. The van der Waals surface area contributed by atoms with Crippen molar-refractivity contribution in [2.75, 3.05) is 0 Å². The fourth-order valence-corrected chi connectivity index (χ4v) is 3.10. The van der Waals surface area contributed by atoms with E-state index in [0.717, 1.165) is 19.2 Å². The molecule has 29 heavy (non-hydrogen) atoms. The molecule has 3 rings (SSSR count). The summed E-state index contributed by atoms with van der Waals surface area (Å²) in [5, 5.41) is -1.46. The van der Waals surface area contributed by atoms with Crippen LogP contribution in [0.5, 0.6) is 11.5 Å². The minimum atomic E-state index is -5.07. The number of hydrogen-bond donors (Lipinski definition) is 0. The number of nitrogens with zero attached hydrogens (tertiary/aromatic N) is 2. The highest BCUT2D eigenvalue weighted by molar-refractivity contribution is 6.32. The second kappa shape index (κ2) is 7.57. The number of rotatable bonds is 3. The second-order valence-corrected chi connectivity index (χ2v) is 6.58. The molecule has 0 saturated carbocycles. The van der Waals surface area contributed by atoms with Crippen LogP contribution in [0.1, 0.15) is 5.69 Å². The molecule has 5 nitrogen and oxygen atoms in total. The topological polar surface area (TPSA) is 53.2 Å². The number of alkyl halides is 3. The van der Waals surface area contributed by atoms with Crippen molar-refractivity contribution in [3.05, 3.63) is 84.9 Å². The summed E-state index contributed by atoms with van der Waals surface area (Å²) >= 11 is 11.5. The van der Waals surface area contributed by atoms with Gasteiger partial charge in [-0.3, -0.25) is 9.36 Å². The van der Waals surface area contributed by atoms with E-state index in [1.165, 1.54) is 0 Å². The average molecular weight is 449 g/mol. The summed E-state index contributed by atoms with van der Waals surface area (Å²) in [7, 11) is 0.766. The van der Waals surface area contributed by atoms with Crippen molar-refractivity contribution in [3.8, 4) is 17.2 Å². The Morgan fingerprint density at radius 2 is 1.66 bits per heavy atom. The highest BCUT2D eigenvalue weighted by Crippen LogP contribution is 2.34. The van der Waals surface area contributed by atoms with E-state index < -0.39 is 39.6 Å². The zero-order chi connectivity index (χ0) is 21.5. The zero-order valence-electron chi connectivity index (χ0n) is 14.4. The molecule has 1 aromatic heterocycles. The van der Waals surface area contributed by atoms with Gasteiger partial charge >= 0.3 is 11.9 Å². The third-order valence-corrected chi connectivity index (χ3v) is 4.53. The van der Waals surface area contributed by atoms with Crippen molar-refractivity contribution in [2.45, 2.75) is 6.18 Å². The number of ether oxygens (including phenoxy) is 1. The molecule has 11 heteroatoms. The first-order valence-corrected chi connectivity index (χ1v) is 8.59. The minimum Gasteiger partial charge on any atom is -0.456 e. The van der Waals surface area contributed by atoms with Crippen LogP contribution >= 0.6 is 23.2 Å². The first kappa shape index (κ1) is 20.9. The van der Waals surface area contributed by atoms with Crippen molar-refractivity contribution < 1.29 is 22.3 Å². The van der Waals surface area contributed by atoms with Crippen LogP contribution in [0.2, 0.25) is 10.0 Å². The molecule has 152 valence electrons. The normalized spacial score (nSPS) is 11.6. The Balaban J connectivity index is 2.26.